The third-order valence-corrected chi connectivity index (χ3v) is 5.01. The first-order valence-corrected chi connectivity index (χ1v) is 9.27. The Morgan fingerprint density at radius 2 is 2.03 bits per heavy atom. The molecule has 0 unspecified atom stereocenters. The van der Waals surface area contributed by atoms with E-state index in [0.717, 1.165) is 4.52 Å². The molecule has 3 aromatic heterocycles. The van der Waals surface area contributed by atoms with Gasteiger partial charge in [0.15, 0.2) is 16.8 Å². The molecule has 0 saturated heterocycles. The lowest BCUT2D eigenvalue weighted by atomic mass is 10.1. The van der Waals surface area contributed by atoms with E-state index in [-0.39, 0.29) is 22.8 Å². The average Bonchev–Trinajstić information content (AvgIpc) is 3.34. The predicted octanol–water partition coefficient (Wildman–Crippen LogP) is 3.83. The molecule has 0 radical (unpaired) electrons. The Hall–Kier alpha value is -4.45. The highest BCUT2D eigenvalue weighted by Crippen LogP contribution is 2.31. The average molecular weight is 415 g/mol. The number of hydrogen-bond acceptors (Lipinski definition) is 6. The Balaban J connectivity index is 1.80. The van der Waals surface area contributed by atoms with Crippen molar-refractivity contribution in [1.29, 1.82) is 5.26 Å². The van der Waals surface area contributed by atoms with Crippen molar-refractivity contribution in [3.8, 4) is 34.4 Å². The molecule has 0 bridgehead atoms. The van der Waals surface area contributed by atoms with Crippen molar-refractivity contribution in [3.05, 3.63) is 70.0 Å². The van der Waals surface area contributed by atoms with Crippen molar-refractivity contribution in [2.75, 3.05) is 7.11 Å². The second kappa shape index (κ2) is 6.81. The first-order chi connectivity index (χ1) is 15.0. The van der Waals surface area contributed by atoms with Crippen LogP contribution >= 0.6 is 0 Å². The standard InChI is InChI=1S/C22H14FN5O3/c1-11-17(21-26-19-15(30-2)7-4-8-16(19)31-21)22(29)28-20(25-11)18(14(10-24)27-28)12-5-3-6-13(23)9-12/h3-9,25H,1-2H3. The molecule has 9 heteroatoms. The molecule has 152 valence electrons. The normalized spacial score (nSPS) is 11.2. The molecule has 3 heterocycles. The van der Waals surface area contributed by atoms with Crippen LogP contribution in [0.5, 0.6) is 5.75 Å². The molecule has 0 spiro atoms. The zero-order valence-electron chi connectivity index (χ0n) is 16.4. The smallest absolute Gasteiger partial charge is 0.287 e. The summed E-state index contributed by atoms with van der Waals surface area (Å²) in [5, 5.41) is 13.7. The van der Waals surface area contributed by atoms with Gasteiger partial charge in [-0.1, -0.05) is 18.2 Å². The topological polar surface area (TPSA) is 109 Å². The summed E-state index contributed by atoms with van der Waals surface area (Å²) < 4.78 is 26.0. The second-order valence-electron chi connectivity index (χ2n) is 6.86. The van der Waals surface area contributed by atoms with E-state index in [2.05, 4.69) is 15.1 Å². The number of para-hydroxylation sites is 1. The minimum atomic E-state index is -0.518. The number of rotatable bonds is 3. The number of oxazole rings is 1. The summed E-state index contributed by atoms with van der Waals surface area (Å²) >= 11 is 0. The van der Waals surface area contributed by atoms with Crippen LogP contribution in [0.1, 0.15) is 11.4 Å². The number of methoxy groups -OCH3 is 1. The lowest BCUT2D eigenvalue weighted by Gasteiger charge is -2.05. The molecule has 1 N–H and O–H groups in total. The molecule has 8 nitrogen and oxygen atoms in total. The monoisotopic (exact) mass is 415 g/mol. The highest BCUT2D eigenvalue weighted by Gasteiger charge is 2.23. The zero-order valence-corrected chi connectivity index (χ0v) is 16.4. The number of benzene rings is 2. The Labute approximate surface area is 174 Å². The van der Waals surface area contributed by atoms with Crippen molar-refractivity contribution < 1.29 is 13.5 Å². The van der Waals surface area contributed by atoms with E-state index in [1.807, 2.05) is 6.07 Å². The molecule has 2 aromatic carbocycles. The van der Waals surface area contributed by atoms with E-state index in [0.29, 0.717) is 33.7 Å². The number of ether oxygens (including phenoxy) is 1. The Bertz CT molecular complexity index is 1590. The molecule has 5 aromatic rings. The number of nitrogens with one attached hydrogen (secondary N) is 1. The van der Waals surface area contributed by atoms with Gasteiger partial charge in [-0.15, -0.1) is 0 Å². The van der Waals surface area contributed by atoms with E-state index in [9.17, 15) is 14.4 Å². The van der Waals surface area contributed by atoms with Crippen molar-refractivity contribution in [2.24, 2.45) is 0 Å². The number of nitrogens with zero attached hydrogens (tertiary/aromatic N) is 4. The SMILES string of the molecule is COc1cccc2oc(-c3c(C)[nH]c4c(-c5cccc(F)c5)c(C#N)nn4c3=O)nc12. The van der Waals surface area contributed by atoms with Crippen LogP contribution in [0, 0.1) is 24.1 Å². The number of fused-ring (bicyclic) bond motifs is 2. The lowest BCUT2D eigenvalue weighted by molar-refractivity contribution is 0.419. The molecule has 0 fully saturated rings. The van der Waals surface area contributed by atoms with Crippen molar-refractivity contribution in [3.63, 3.8) is 0 Å². The van der Waals surface area contributed by atoms with Gasteiger partial charge in [-0.2, -0.15) is 14.9 Å². The van der Waals surface area contributed by atoms with E-state index >= 15 is 0 Å². The fourth-order valence-corrected chi connectivity index (χ4v) is 3.63. The maximum atomic E-state index is 13.8. The quantitative estimate of drug-likeness (QED) is 0.480. The summed E-state index contributed by atoms with van der Waals surface area (Å²) in [6.07, 6.45) is 0. The van der Waals surface area contributed by atoms with Crippen LogP contribution in [-0.2, 0) is 0 Å². The van der Waals surface area contributed by atoms with Crippen LogP contribution in [0.3, 0.4) is 0 Å². The molecule has 0 amide bonds. The van der Waals surface area contributed by atoms with Crippen LogP contribution < -0.4 is 10.3 Å². The fraction of sp³-hybridized carbons (Fsp3) is 0.0909. The molecular weight excluding hydrogens is 401 g/mol. The van der Waals surface area contributed by atoms with Crippen molar-refractivity contribution in [1.82, 2.24) is 19.6 Å². The van der Waals surface area contributed by atoms with Gasteiger partial charge in [-0.3, -0.25) is 4.79 Å². The third kappa shape index (κ3) is 2.77. The number of aromatic nitrogens is 4. The number of aromatic amines is 1. The first-order valence-electron chi connectivity index (χ1n) is 9.27. The van der Waals surface area contributed by atoms with Crippen LogP contribution in [0.25, 0.3) is 39.3 Å². The molecule has 31 heavy (non-hydrogen) atoms. The maximum absolute atomic E-state index is 13.8. The minimum absolute atomic E-state index is 0.00488. The number of H-pyrrole nitrogens is 1. The largest absolute Gasteiger partial charge is 0.494 e. The molecule has 0 aliphatic rings. The summed E-state index contributed by atoms with van der Waals surface area (Å²) in [6.45, 7) is 1.69. The molecule has 0 saturated carbocycles. The molecule has 0 atom stereocenters. The summed E-state index contributed by atoms with van der Waals surface area (Å²) in [4.78, 5) is 20.9. The number of halogens is 1. The van der Waals surface area contributed by atoms with E-state index in [4.69, 9.17) is 9.15 Å². The Kier molecular flexibility index (Phi) is 4.08. The van der Waals surface area contributed by atoms with Gasteiger partial charge in [-0.25, -0.2) is 9.37 Å². The fourth-order valence-electron chi connectivity index (χ4n) is 3.63. The highest BCUT2D eigenvalue weighted by atomic mass is 19.1. The summed E-state index contributed by atoms with van der Waals surface area (Å²) in [5.41, 5.74) is 2.11. The number of aryl methyl sites for hydroxylation is 1. The van der Waals surface area contributed by atoms with Gasteiger partial charge < -0.3 is 14.1 Å². The van der Waals surface area contributed by atoms with Gasteiger partial charge >= 0.3 is 0 Å². The van der Waals surface area contributed by atoms with Gasteiger partial charge in [0.1, 0.15) is 28.8 Å². The van der Waals surface area contributed by atoms with Crippen molar-refractivity contribution >= 4 is 16.7 Å². The lowest BCUT2D eigenvalue weighted by Crippen LogP contribution is -2.19. The van der Waals surface area contributed by atoms with Gasteiger partial charge in [0.05, 0.1) is 12.7 Å². The zero-order chi connectivity index (χ0) is 21.7. The van der Waals surface area contributed by atoms with Gasteiger partial charge in [0, 0.05) is 5.69 Å². The summed E-state index contributed by atoms with van der Waals surface area (Å²) in [6, 6.07) is 13.0. The number of nitriles is 1. The van der Waals surface area contributed by atoms with Crippen LogP contribution in [0.15, 0.2) is 51.7 Å². The first kappa shape index (κ1) is 18.6. The number of hydrogen-bond donors (Lipinski definition) is 1. The molecule has 0 aliphatic carbocycles. The Morgan fingerprint density at radius 1 is 1.23 bits per heavy atom. The minimum Gasteiger partial charge on any atom is -0.494 e. The maximum Gasteiger partial charge on any atom is 0.287 e. The van der Waals surface area contributed by atoms with E-state index < -0.39 is 11.4 Å². The summed E-state index contributed by atoms with van der Waals surface area (Å²) in [5.74, 6) is 0.153. The van der Waals surface area contributed by atoms with Gasteiger partial charge in [0.25, 0.3) is 5.56 Å². The highest BCUT2D eigenvalue weighted by molar-refractivity contribution is 5.84. The predicted molar refractivity (Wildman–Crippen MR) is 110 cm³/mol. The molecule has 0 aliphatic heterocycles. The Morgan fingerprint density at radius 3 is 2.77 bits per heavy atom. The molecular formula is C22H14FN5O3. The van der Waals surface area contributed by atoms with E-state index in [1.165, 1.54) is 25.3 Å². The third-order valence-electron chi connectivity index (χ3n) is 5.01. The van der Waals surface area contributed by atoms with E-state index in [1.54, 1.807) is 31.2 Å². The molecule has 5 rings (SSSR count). The van der Waals surface area contributed by atoms with Gasteiger partial charge in [-0.05, 0) is 36.8 Å². The second-order valence-corrected chi connectivity index (χ2v) is 6.86. The van der Waals surface area contributed by atoms with Crippen LogP contribution in [0.2, 0.25) is 0 Å². The van der Waals surface area contributed by atoms with Crippen molar-refractivity contribution in [2.45, 2.75) is 6.92 Å². The van der Waals surface area contributed by atoms with Gasteiger partial charge in [0.2, 0.25) is 5.89 Å². The summed E-state index contributed by atoms with van der Waals surface area (Å²) in [7, 11) is 1.52. The van der Waals surface area contributed by atoms with Crippen LogP contribution in [-0.4, -0.2) is 26.7 Å². The van der Waals surface area contributed by atoms with Crippen LogP contribution in [0.4, 0.5) is 4.39 Å².